The standard InChI is InChI=1S/C24H28N2O6/c1-14-12-16(31-4)7-8-17(14)22(28)20-21(15-6-9-18(27)19(13-15)32-5)26(11-10-25(2)3)24(30)23(20)29/h6-9,12-13,20-21,27H,10-11H2,1-5H3/p+1. The van der Waals surface area contributed by atoms with Gasteiger partial charge in [0.15, 0.2) is 17.3 Å². The van der Waals surface area contributed by atoms with Crippen molar-refractivity contribution >= 4 is 17.5 Å². The zero-order chi connectivity index (χ0) is 23.6. The lowest BCUT2D eigenvalue weighted by molar-refractivity contribution is -0.857. The quantitative estimate of drug-likeness (QED) is 0.358. The van der Waals surface area contributed by atoms with Crippen molar-refractivity contribution in [3.05, 3.63) is 53.1 Å². The molecule has 3 rings (SSSR count). The molecule has 8 nitrogen and oxygen atoms in total. The van der Waals surface area contributed by atoms with Crippen LogP contribution in [0.15, 0.2) is 36.4 Å². The van der Waals surface area contributed by atoms with Gasteiger partial charge in [0.25, 0.3) is 5.91 Å². The van der Waals surface area contributed by atoms with E-state index in [1.807, 2.05) is 14.1 Å². The Hall–Kier alpha value is -3.39. The number of ether oxygens (including phenoxy) is 2. The maximum atomic E-state index is 13.6. The number of likely N-dealkylation sites (N-methyl/N-ethyl adjacent to an activating group) is 1. The summed E-state index contributed by atoms with van der Waals surface area (Å²) in [5, 5.41) is 10.0. The van der Waals surface area contributed by atoms with Crippen molar-refractivity contribution in [2.45, 2.75) is 13.0 Å². The number of aryl methyl sites for hydroxylation is 1. The monoisotopic (exact) mass is 441 g/mol. The molecule has 2 N–H and O–H groups in total. The summed E-state index contributed by atoms with van der Waals surface area (Å²) in [6.45, 7) is 2.68. The fourth-order valence-corrected chi connectivity index (χ4v) is 4.03. The third-order valence-electron chi connectivity index (χ3n) is 5.79. The fraction of sp³-hybridized carbons (Fsp3) is 0.375. The summed E-state index contributed by atoms with van der Waals surface area (Å²) in [4.78, 5) is 42.2. The van der Waals surface area contributed by atoms with Crippen LogP contribution < -0.4 is 14.4 Å². The maximum absolute atomic E-state index is 13.6. The molecule has 1 fully saturated rings. The summed E-state index contributed by atoms with van der Waals surface area (Å²) in [5.74, 6) is -2.27. The highest BCUT2D eigenvalue weighted by Crippen LogP contribution is 2.41. The first kappa shape index (κ1) is 23.3. The molecule has 8 heteroatoms. The minimum Gasteiger partial charge on any atom is -0.504 e. The summed E-state index contributed by atoms with van der Waals surface area (Å²) in [6, 6.07) is 8.84. The number of nitrogens with zero attached hydrogens (tertiary/aromatic N) is 1. The molecule has 170 valence electrons. The molecule has 2 atom stereocenters. The maximum Gasteiger partial charge on any atom is 0.291 e. The van der Waals surface area contributed by atoms with Crippen molar-refractivity contribution in [2.75, 3.05) is 41.4 Å². The molecule has 32 heavy (non-hydrogen) atoms. The molecule has 2 unspecified atom stereocenters. The van der Waals surface area contributed by atoms with Crippen LogP contribution in [0.5, 0.6) is 17.2 Å². The number of phenols is 1. The highest BCUT2D eigenvalue weighted by Gasteiger charge is 2.52. The van der Waals surface area contributed by atoms with Crippen LogP contribution in [0.4, 0.5) is 0 Å². The molecule has 0 bridgehead atoms. The normalized spacial score (nSPS) is 18.4. The summed E-state index contributed by atoms with van der Waals surface area (Å²) >= 11 is 0. The van der Waals surface area contributed by atoms with E-state index in [1.54, 1.807) is 37.3 Å². The average Bonchev–Trinajstić information content (AvgIpc) is 3.02. The van der Waals surface area contributed by atoms with Gasteiger partial charge < -0.3 is 24.4 Å². The third-order valence-corrected chi connectivity index (χ3v) is 5.79. The van der Waals surface area contributed by atoms with Gasteiger partial charge in [-0.05, 0) is 48.4 Å². The highest BCUT2D eigenvalue weighted by molar-refractivity contribution is 6.44. The van der Waals surface area contributed by atoms with Gasteiger partial charge >= 0.3 is 0 Å². The smallest absolute Gasteiger partial charge is 0.291 e. The summed E-state index contributed by atoms with van der Waals surface area (Å²) in [5.41, 5.74) is 1.58. The summed E-state index contributed by atoms with van der Waals surface area (Å²) in [7, 11) is 6.85. The lowest BCUT2D eigenvalue weighted by Crippen LogP contribution is -3.06. The van der Waals surface area contributed by atoms with Gasteiger partial charge in [-0.2, -0.15) is 0 Å². The molecule has 0 aromatic heterocycles. The molecule has 0 radical (unpaired) electrons. The van der Waals surface area contributed by atoms with Gasteiger partial charge in [0.1, 0.15) is 11.7 Å². The highest BCUT2D eigenvalue weighted by atomic mass is 16.5. The topological polar surface area (TPSA) is 97.6 Å². The van der Waals surface area contributed by atoms with Gasteiger partial charge in [0.2, 0.25) is 5.78 Å². The van der Waals surface area contributed by atoms with E-state index in [0.29, 0.717) is 35.5 Å². The van der Waals surface area contributed by atoms with Gasteiger partial charge in [0.05, 0.1) is 47.4 Å². The van der Waals surface area contributed by atoms with E-state index in [1.165, 1.54) is 25.2 Å². The van der Waals surface area contributed by atoms with Crippen LogP contribution in [0.3, 0.4) is 0 Å². The second kappa shape index (κ2) is 9.40. The molecule has 0 aliphatic carbocycles. The Morgan fingerprint density at radius 2 is 1.81 bits per heavy atom. The lowest BCUT2D eigenvalue weighted by atomic mass is 9.85. The number of carbonyl (C=O) groups is 3. The molecule has 2 aromatic rings. The Labute approximate surface area is 187 Å². The van der Waals surface area contributed by atoms with Crippen LogP contribution in [-0.2, 0) is 9.59 Å². The number of ketones is 2. The van der Waals surface area contributed by atoms with E-state index in [0.717, 1.165) is 4.90 Å². The van der Waals surface area contributed by atoms with Crippen molar-refractivity contribution in [2.24, 2.45) is 5.92 Å². The molecule has 2 aromatic carbocycles. The third kappa shape index (κ3) is 4.31. The van der Waals surface area contributed by atoms with Crippen LogP contribution in [0, 0.1) is 12.8 Å². The average molecular weight is 442 g/mol. The molecule has 1 heterocycles. The number of hydrogen-bond acceptors (Lipinski definition) is 6. The SMILES string of the molecule is COc1ccc(C(=O)C2C(=O)C(=O)N(CC[NH+](C)C)C2c2ccc(O)c(OC)c2)c(C)c1. The Kier molecular flexibility index (Phi) is 6.84. The fourth-order valence-electron chi connectivity index (χ4n) is 4.03. The zero-order valence-corrected chi connectivity index (χ0v) is 19.0. The van der Waals surface area contributed by atoms with E-state index >= 15 is 0 Å². The first-order chi connectivity index (χ1) is 15.2. The molecular weight excluding hydrogens is 412 g/mol. The number of methoxy groups -OCH3 is 2. The second-order valence-electron chi connectivity index (χ2n) is 8.22. The van der Waals surface area contributed by atoms with Crippen LogP contribution in [0.25, 0.3) is 0 Å². The van der Waals surface area contributed by atoms with Gasteiger partial charge in [0, 0.05) is 5.56 Å². The zero-order valence-electron chi connectivity index (χ0n) is 19.0. The number of quaternary nitrogens is 1. The predicted molar refractivity (Wildman–Crippen MR) is 117 cm³/mol. The van der Waals surface area contributed by atoms with Gasteiger partial charge in [-0.25, -0.2) is 0 Å². The van der Waals surface area contributed by atoms with Crippen molar-refractivity contribution in [3.63, 3.8) is 0 Å². The Balaban J connectivity index is 2.10. The molecular formula is C24H29N2O6+. The number of nitrogens with one attached hydrogen (secondary N) is 1. The number of rotatable bonds is 8. The van der Waals surface area contributed by atoms with Crippen LogP contribution >= 0.6 is 0 Å². The van der Waals surface area contributed by atoms with Gasteiger partial charge in [-0.15, -0.1) is 0 Å². The number of hydrogen-bond donors (Lipinski definition) is 2. The molecule has 1 aliphatic rings. The van der Waals surface area contributed by atoms with E-state index in [4.69, 9.17) is 9.47 Å². The van der Waals surface area contributed by atoms with E-state index in [9.17, 15) is 19.5 Å². The first-order valence-electron chi connectivity index (χ1n) is 10.4. The van der Waals surface area contributed by atoms with Gasteiger partial charge in [-0.3, -0.25) is 14.4 Å². The van der Waals surface area contributed by atoms with Crippen molar-refractivity contribution in [1.82, 2.24) is 4.90 Å². The van der Waals surface area contributed by atoms with E-state index < -0.39 is 29.4 Å². The Morgan fingerprint density at radius 3 is 2.41 bits per heavy atom. The number of Topliss-reactive ketones (excluding diaryl/α,β-unsaturated/α-hetero) is 2. The Bertz CT molecular complexity index is 1050. The van der Waals surface area contributed by atoms with Crippen LogP contribution in [0.1, 0.15) is 27.5 Å². The van der Waals surface area contributed by atoms with Crippen LogP contribution in [0.2, 0.25) is 0 Å². The largest absolute Gasteiger partial charge is 0.504 e. The predicted octanol–water partition coefficient (Wildman–Crippen LogP) is 0.814. The molecule has 1 saturated heterocycles. The molecule has 1 amide bonds. The summed E-state index contributed by atoms with van der Waals surface area (Å²) < 4.78 is 10.4. The van der Waals surface area contributed by atoms with Crippen molar-refractivity contribution in [3.8, 4) is 17.2 Å². The number of amides is 1. The number of carbonyl (C=O) groups excluding carboxylic acids is 3. The second-order valence-corrected chi connectivity index (χ2v) is 8.22. The Morgan fingerprint density at radius 1 is 1.09 bits per heavy atom. The van der Waals surface area contributed by atoms with E-state index in [-0.39, 0.29) is 11.5 Å². The molecule has 0 saturated carbocycles. The number of likely N-dealkylation sites (tertiary alicyclic amines) is 1. The first-order valence-corrected chi connectivity index (χ1v) is 10.4. The van der Waals surface area contributed by atoms with Crippen molar-refractivity contribution < 1.29 is 33.9 Å². The molecule has 0 spiro atoms. The summed E-state index contributed by atoms with van der Waals surface area (Å²) in [6.07, 6.45) is 0. The van der Waals surface area contributed by atoms with E-state index in [2.05, 4.69) is 0 Å². The van der Waals surface area contributed by atoms with Crippen LogP contribution in [-0.4, -0.2) is 68.9 Å². The van der Waals surface area contributed by atoms with Gasteiger partial charge in [-0.1, -0.05) is 6.07 Å². The number of benzene rings is 2. The minimum atomic E-state index is -1.19. The minimum absolute atomic E-state index is 0.0648. The lowest BCUT2D eigenvalue weighted by Gasteiger charge is -2.28. The molecule has 1 aliphatic heterocycles. The number of aromatic hydroxyl groups is 1. The van der Waals surface area contributed by atoms with Crippen molar-refractivity contribution in [1.29, 1.82) is 0 Å². The number of phenolic OH excluding ortho intramolecular Hbond substituents is 1.